The van der Waals surface area contributed by atoms with E-state index in [9.17, 15) is 4.79 Å². The molecule has 0 spiro atoms. The van der Waals surface area contributed by atoms with E-state index in [1.165, 1.54) is 0 Å². The summed E-state index contributed by atoms with van der Waals surface area (Å²) in [4.78, 5) is 12.1. The van der Waals surface area contributed by atoms with Crippen molar-refractivity contribution in [1.29, 1.82) is 0 Å². The van der Waals surface area contributed by atoms with Crippen molar-refractivity contribution in [2.45, 2.75) is 13.3 Å². The average molecular weight is 283 g/mol. The van der Waals surface area contributed by atoms with Crippen LogP contribution in [0.1, 0.15) is 16.7 Å². The van der Waals surface area contributed by atoms with Gasteiger partial charge in [-0.25, -0.2) is 0 Å². The van der Waals surface area contributed by atoms with Crippen LogP contribution in [0.5, 0.6) is 0 Å². The maximum Gasteiger partial charge on any atom is 0.228 e. The zero-order valence-electron chi connectivity index (χ0n) is 11.7. The molecule has 1 amide bonds. The lowest BCUT2D eigenvalue weighted by atomic mass is 10.1. The molecule has 0 atom stereocenters. The van der Waals surface area contributed by atoms with Gasteiger partial charge >= 0.3 is 0 Å². The number of rotatable bonds is 4. The third-order valence-electron chi connectivity index (χ3n) is 3.20. The van der Waals surface area contributed by atoms with Gasteiger partial charge in [-0.1, -0.05) is 41.6 Å². The highest BCUT2D eigenvalue weighted by Gasteiger charge is 2.10. The van der Waals surface area contributed by atoms with Gasteiger partial charge in [0.2, 0.25) is 5.91 Å². The highest BCUT2D eigenvalue weighted by Crippen LogP contribution is 2.16. The van der Waals surface area contributed by atoms with E-state index in [1.807, 2.05) is 31.2 Å². The molecule has 4 N–H and O–H groups in total. The molecule has 2 rings (SSSR count). The number of nitrogens with two attached hydrogens (primary N) is 1. The van der Waals surface area contributed by atoms with E-state index in [-0.39, 0.29) is 18.2 Å². The van der Waals surface area contributed by atoms with Crippen LogP contribution in [0.25, 0.3) is 0 Å². The zero-order valence-corrected chi connectivity index (χ0v) is 11.7. The number of amides is 1. The summed E-state index contributed by atoms with van der Waals surface area (Å²) in [7, 11) is 0. The van der Waals surface area contributed by atoms with Crippen LogP contribution in [0.3, 0.4) is 0 Å². The summed E-state index contributed by atoms with van der Waals surface area (Å²) in [6, 6.07) is 14.6. The summed E-state index contributed by atoms with van der Waals surface area (Å²) in [5, 5.41) is 14.5. The van der Waals surface area contributed by atoms with Crippen LogP contribution in [-0.4, -0.2) is 17.0 Å². The van der Waals surface area contributed by atoms with Crippen molar-refractivity contribution in [1.82, 2.24) is 0 Å². The highest BCUT2D eigenvalue weighted by atomic mass is 16.4. The Balaban J connectivity index is 2.16. The van der Waals surface area contributed by atoms with E-state index >= 15 is 0 Å². The van der Waals surface area contributed by atoms with Gasteiger partial charge in [0.25, 0.3) is 0 Å². The third-order valence-corrected chi connectivity index (χ3v) is 3.20. The van der Waals surface area contributed by atoms with Gasteiger partial charge in [0.05, 0.1) is 12.1 Å². The molecule has 21 heavy (non-hydrogen) atoms. The first kappa shape index (κ1) is 14.6. The van der Waals surface area contributed by atoms with Crippen molar-refractivity contribution in [2.24, 2.45) is 10.9 Å². The van der Waals surface area contributed by atoms with Gasteiger partial charge in [0, 0.05) is 5.56 Å². The number of oxime groups is 1. The van der Waals surface area contributed by atoms with Gasteiger partial charge in [0.15, 0.2) is 5.84 Å². The second kappa shape index (κ2) is 6.56. The minimum Gasteiger partial charge on any atom is -0.409 e. The fourth-order valence-corrected chi connectivity index (χ4v) is 2.05. The molecule has 2 aromatic rings. The molecule has 0 aliphatic carbocycles. The van der Waals surface area contributed by atoms with Crippen LogP contribution in [0.2, 0.25) is 0 Å². The second-order valence-corrected chi connectivity index (χ2v) is 4.68. The molecule has 5 nitrogen and oxygen atoms in total. The molecule has 0 saturated carbocycles. The largest absolute Gasteiger partial charge is 0.409 e. The Bertz CT molecular complexity index is 681. The Labute approximate surface area is 123 Å². The lowest BCUT2D eigenvalue weighted by Gasteiger charge is -2.10. The third kappa shape index (κ3) is 3.60. The van der Waals surface area contributed by atoms with E-state index in [4.69, 9.17) is 10.9 Å². The minimum atomic E-state index is -0.150. The number of hydrogen-bond donors (Lipinski definition) is 3. The lowest BCUT2D eigenvalue weighted by Crippen LogP contribution is -2.20. The first-order valence-corrected chi connectivity index (χ1v) is 6.53. The van der Waals surface area contributed by atoms with Crippen molar-refractivity contribution in [3.05, 3.63) is 65.2 Å². The van der Waals surface area contributed by atoms with Crippen LogP contribution >= 0.6 is 0 Å². The second-order valence-electron chi connectivity index (χ2n) is 4.68. The van der Waals surface area contributed by atoms with Crippen molar-refractivity contribution < 1.29 is 10.0 Å². The summed E-state index contributed by atoms with van der Waals surface area (Å²) >= 11 is 0. The number of carbonyl (C=O) groups excluding carboxylic acids is 1. The number of anilines is 1. The molecule has 0 saturated heterocycles. The number of benzene rings is 2. The van der Waals surface area contributed by atoms with Crippen LogP contribution in [0, 0.1) is 6.92 Å². The molecule has 0 unspecified atom stereocenters. The fourth-order valence-electron chi connectivity index (χ4n) is 2.05. The number of para-hydroxylation sites is 1. The Morgan fingerprint density at radius 2 is 1.86 bits per heavy atom. The summed E-state index contributed by atoms with van der Waals surface area (Å²) in [6.07, 6.45) is 0.275. The zero-order chi connectivity index (χ0) is 15.2. The number of amidine groups is 1. The van der Waals surface area contributed by atoms with Crippen molar-refractivity contribution in [2.75, 3.05) is 5.32 Å². The average Bonchev–Trinajstić information content (AvgIpc) is 2.49. The van der Waals surface area contributed by atoms with Crippen molar-refractivity contribution in [3.63, 3.8) is 0 Å². The Morgan fingerprint density at radius 1 is 1.19 bits per heavy atom. The predicted octanol–water partition coefficient (Wildman–Crippen LogP) is 2.27. The molecule has 0 aromatic heterocycles. The van der Waals surface area contributed by atoms with Crippen molar-refractivity contribution >= 4 is 17.4 Å². The molecule has 108 valence electrons. The minimum absolute atomic E-state index is 0.0400. The van der Waals surface area contributed by atoms with Crippen molar-refractivity contribution in [3.8, 4) is 0 Å². The van der Waals surface area contributed by atoms with E-state index in [0.717, 1.165) is 11.1 Å². The lowest BCUT2D eigenvalue weighted by molar-refractivity contribution is -0.115. The quantitative estimate of drug-likeness (QED) is 0.348. The Kier molecular flexibility index (Phi) is 4.56. The molecular weight excluding hydrogens is 266 g/mol. The molecule has 0 bridgehead atoms. The maximum atomic E-state index is 12.1. The van der Waals surface area contributed by atoms with Gasteiger partial charge in [-0.15, -0.1) is 0 Å². The first-order chi connectivity index (χ1) is 10.1. The van der Waals surface area contributed by atoms with E-state index in [1.54, 1.807) is 24.3 Å². The van der Waals surface area contributed by atoms with Gasteiger partial charge in [-0.2, -0.15) is 0 Å². The summed E-state index contributed by atoms with van der Waals surface area (Å²) < 4.78 is 0. The summed E-state index contributed by atoms with van der Waals surface area (Å²) in [5.74, 6) is -0.190. The van der Waals surface area contributed by atoms with Crippen LogP contribution in [0.15, 0.2) is 53.7 Å². The monoisotopic (exact) mass is 283 g/mol. The molecular formula is C16H17N3O2. The normalized spacial score (nSPS) is 11.2. The van der Waals surface area contributed by atoms with E-state index in [0.29, 0.717) is 11.3 Å². The van der Waals surface area contributed by atoms with Crippen LogP contribution < -0.4 is 11.1 Å². The first-order valence-electron chi connectivity index (χ1n) is 6.53. The van der Waals surface area contributed by atoms with Gasteiger partial charge in [0.1, 0.15) is 0 Å². The summed E-state index contributed by atoms with van der Waals surface area (Å²) in [5.41, 5.74) is 8.64. The number of aryl methyl sites for hydroxylation is 1. The Hall–Kier alpha value is -2.82. The SMILES string of the molecule is Cc1ccccc1CC(=O)Nc1ccccc1/C(N)=N/O. The number of nitrogens with zero attached hydrogens (tertiary/aromatic N) is 1. The van der Waals surface area contributed by atoms with E-state index in [2.05, 4.69) is 10.5 Å². The molecule has 5 heteroatoms. The summed E-state index contributed by atoms with van der Waals surface area (Å²) in [6.45, 7) is 1.97. The number of nitrogens with one attached hydrogen (secondary N) is 1. The standard InChI is InChI=1S/C16H17N3O2/c1-11-6-2-3-7-12(11)10-15(20)18-14-9-5-4-8-13(14)16(17)19-21/h2-9,21H,10H2,1H3,(H2,17,19)(H,18,20). The van der Waals surface area contributed by atoms with E-state index < -0.39 is 0 Å². The highest BCUT2D eigenvalue weighted by molar-refractivity contribution is 6.05. The number of carbonyl (C=O) groups is 1. The van der Waals surface area contributed by atoms with Crippen LogP contribution in [0.4, 0.5) is 5.69 Å². The molecule has 0 heterocycles. The number of hydrogen-bond acceptors (Lipinski definition) is 3. The van der Waals surface area contributed by atoms with Gasteiger partial charge < -0.3 is 16.3 Å². The van der Waals surface area contributed by atoms with Crippen LogP contribution in [-0.2, 0) is 11.2 Å². The van der Waals surface area contributed by atoms with Gasteiger partial charge in [-0.3, -0.25) is 4.79 Å². The van der Waals surface area contributed by atoms with Gasteiger partial charge in [-0.05, 0) is 30.2 Å². The smallest absolute Gasteiger partial charge is 0.228 e. The predicted molar refractivity (Wildman–Crippen MR) is 82.5 cm³/mol. The molecule has 2 aromatic carbocycles. The molecule has 0 radical (unpaired) electrons. The fraction of sp³-hybridized carbons (Fsp3) is 0.125. The Morgan fingerprint density at radius 3 is 2.57 bits per heavy atom. The molecule has 0 aliphatic rings. The topological polar surface area (TPSA) is 87.7 Å². The molecule has 0 aliphatic heterocycles. The molecule has 0 fully saturated rings. The maximum absolute atomic E-state index is 12.1.